The van der Waals surface area contributed by atoms with Crippen molar-refractivity contribution < 1.29 is 18.4 Å². The summed E-state index contributed by atoms with van der Waals surface area (Å²) in [5.41, 5.74) is 0. The van der Waals surface area contributed by atoms with E-state index in [1.54, 1.807) is 0 Å². The molecule has 1 heterocycles. The fourth-order valence-corrected chi connectivity index (χ4v) is 1.94. The quantitative estimate of drug-likeness (QED) is 0.373. The van der Waals surface area contributed by atoms with Gasteiger partial charge in [0.25, 0.3) is 0 Å². The summed E-state index contributed by atoms with van der Waals surface area (Å²) in [4.78, 5) is 10.6. The maximum atomic E-state index is 10.7. The van der Waals surface area contributed by atoms with Gasteiger partial charge in [-0.2, -0.15) is 0 Å². The van der Waals surface area contributed by atoms with Crippen molar-refractivity contribution in [3.8, 4) is 0 Å². The van der Waals surface area contributed by atoms with E-state index < -0.39 is 20.7 Å². The van der Waals surface area contributed by atoms with Crippen molar-refractivity contribution in [2.45, 2.75) is 6.42 Å². The third-order valence-electron chi connectivity index (χ3n) is 1.22. The second-order valence-electron chi connectivity index (χ2n) is 1.90. The Morgan fingerprint density at radius 2 is 2.10 bits per heavy atom. The topological polar surface area (TPSA) is 83.8 Å². The van der Waals surface area contributed by atoms with Crippen LogP contribution in [0.3, 0.4) is 0 Å². The smallest absolute Gasteiger partial charge is 0.236 e. The Morgan fingerprint density at radius 3 is 2.30 bits per heavy atom. The summed E-state index contributed by atoms with van der Waals surface area (Å²) in [5, 5.41) is 9.76. The average Bonchev–Trinajstić information content (AvgIpc) is 2.07. The summed E-state index contributed by atoms with van der Waals surface area (Å²) in [5.74, 6) is -0.840. The fourth-order valence-electron chi connectivity index (χ4n) is 0.722. The van der Waals surface area contributed by atoms with Gasteiger partial charge in [-0.1, -0.05) is 5.16 Å². The average molecular weight is 163 g/mol. The lowest BCUT2D eigenvalue weighted by atomic mass is 10.3. The number of carbonyl (C=O) groups is 1. The van der Waals surface area contributed by atoms with Crippen LogP contribution in [0.1, 0.15) is 6.42 Å². The summed E-state index contributed by atoms with van der Waals surface area (Å²) in [6, 6.07) is 0. The highest BCUT2D eigenvalue weighted by atomic mass is 32.2. The molecule has 1 saturated heterocycles. The highest BCUT2D eigenvalue weighted by Crippen LogP contribution is 2.09. The number of hydrogen-bond donors (Lipinski definition) is 1. The van der Waals surface area contributed by atoms with Crippen LogP contribution in [0.4, 0.5) is 0 Å². The minimum absolute atomic E-state index is 0.0677. The van der Waals surface area contributed by atoms with Crippen LogP contribution in [0.2, 0.25) is 0 Å². The van der Waals surface area contributed by atoms with Gasteiger partial charge < -0.3 is 5.21 Å². The summed E-state index contributed by atoms with van der Waals surface area (Å²) in [6.07, 6.45) is -0.0677. The molecule has 1 fully saturated rings. The molecule has 0 atom stereocenters. The summed E-state index contributed by atoms with van der Waals surface area (Å²) < 4.78 is 21.4. The van der Waals surface area contributed by atoms with Gasteiger partial charge in [0.2, 0.25) is 14.9 Å². The molecule has 10 heavy (non-hydrogen) atoms. The number of Topliss-reactive ketones (excluding diaryl/α,β-unsaturated/α-hetero) is 1. The third kappa shape index (κ3) is 0.900. The van der Waals surface area contributed by atoms with Gasteiger partial charge in [0.05, 0.1) is 5.75 Å². The molecule has 56 valence electrons. The Balaban J connectivity index is 3.20. The summed E-state index contributed by atoms with van der Waals surface area (Å²) in [7, 11) is -3.54. The molecular formula is C4H5NO4S. The van der Waals surface area contributed by atoms with Crippen molar-refractivity contribution in [3.05, 3.63) is 0 Å². The van der Waals surface area contributed by atoms with E-state index >= 15 is 0 Å². The molecule has 0 radical (unpaired) electrons. The Labute approximate surface area is 57.3 Å². The summed E-state index contributed by atoms with van der Waals surface area (Å²) >= 11 is 0. The first-order valence-electron chi connectivity index (χ1n) is 2.56. The van der Waals surface area contributed by atoms with Gasteiger partial charge in [0, 0.05) is 6.42 Å². The summed E-state index contributed by atoms with van der Waals surface area (Å²) in [6.45, 7) is 0. The zero-order chi connectivity index (χ0) is 7.78. The van der Waals surface area contributed by atoms with Crippen LogP contribution in [-0.4, -0.2) is 30.2 Å². The molecule has 1 rings (SSSR count). The largest absolute Gasteiger partial charge is 0.410 e. The van der Waals surface area contributed by atoms with E-state index in [9.17, 15) is 13.2 Å². The van der Waals surface area contributed by atoms with Crippen LogP contribution in [0.25, 0.3) is 0 Å². The van der Waals surface area contributed by atoms with Crippen LogP contribution in [0, 0.1) is 0 Å². The highest BCUT2D eigenvalue weighted by Gasteiger charge is 2.35. The van der Waals surface area contributed by atoms with E-state index in [1.807, 2.05) is 0 Å². The van der Waals surface area contributed by atoms with E-state index in [1.165, 1.54) is 0 Å². The number of hydrogen-bond acceptors (Lipinski definition) is 5. The Kier molecular flexibility index (Phi) is 1.47. The SMILES string of the molecule is O=C1CCS(=O)(=O)/C1=N/O. The normalized spacial score (nSPS) is 27.6. The molecule has 0 saturated carbocycles. The van der Waals surface area contributed by atoms with Crippen molar-refractivity contribution >= 4 is 20.7 Å². The Morgan fingerprint density at radius 1 is 1.50 bits per heavy atom. The molecule has 0 amide bonds. The monoisotopic (exact) mass is 163 g/mol. The lowest BCUT2D eigenvalue weighted by Crippen LogP contribution is -2.14. The van der Waals surface area contributed by atoms with Crippen molar-refractivity contribution in [3.63, 3.8) is 0 Å². The van der Waals surface area contributed by atoms with Gasteiger partial charge in [0.1, 0.15) is 0 Å². The van der Waals surface area contributed by atoms with Crippen LogP contribution in [0.15, 0.2) is 5.16 Å². The number of oxime groups is 1. The molecule has 1 aliphatic rings. The number of ketones is 1. The second-order valence-corrected chi connectivity index (χ2v) is 3.92. The van der Waals surface area contributed by atoms with E-state index in [-0.39, 0.29) is 12.2 Å². The second kappa shape index (κ2) is 2.05. The molecule has 0 spiro atoms. The van der Waals surface area contributed by atoms with Crippen LogP contribution >= 0.6 is 0 Å². The lowest BCUT2D eigenvalue weighted by molar-refractivity contribution is -0.112. The maximum Gasteiger partial charge on any atom is 0.236 e. The molecule has 0 aromatic carbocycles. The van der Waals surface area contributed by atoms with E-state index in [2.05, 4.69) is 5.16 Å². The molecule has 0 unspecified atom stereocenters. The van der Waals surface area contributed by atoms with E-state index in [0.717, 1.165) is 0 Å². The molecule has 1 N–H and O–H groups in total. The number of sulfone groups is 1. The molecule has 0 aromatic rings. The zero-order valence-corrected chi connectivity index (χ0v) is 5.76. The Hall–Kier alpha value is -0.910. The molecule has 6 heteroatoms. The van der Waals surface area contributed by atoms with Crippen molar-refractivity contribution in [2.75, 3.05) is 5.75 Å². The van der Waals surface area contributed by atoms with Crippen LogP contribution < -0.4 is 0 Å². The van der Waals surface area contributed by atoms with Gasteiger partial charge in [-0.3, -0.25) is 4.79 Å². The van der Waals surface area contributed by atoms with Gasteiger partial charge in [-0.05, 0) is 0 Å². The Bertz CT molecular complexity index is 288. The van der Waals surface area contributed by atoms with Gasteiger partial charge >= 0.3 is 0 Å². The minimum Gasteiger partial charge on any atom is -0.410 e. The van der Waals surface area contributed by atoms with Crippen molar-refractivity contribution in [2.24, 2.45) is 5.16 Å². The fraction of sp³-hybridized carbons (Fsp3) is 0.500. The predicted octanol–water partition coefficient (Wildman–Crippen LogP) is -0.838. The third-order valence-corrected chi connectivity index (χ3v) is 2.86. The number of nitrogens with zero attached hydrogens (tertiary/aromatic N) is 1. The lowest BCUT2D eigenvalue weighted by Gasteiger charge is -1.86. The molecule has 0 aliphatic carbocycles. The maximum absolute atomic E-state index is 10.7. The van der Waals surface area contributed by atoms with Crippen molar-refractivity contribution in [1.82, 2.24) is 0 Å². The minimum atomic E-state index is -3.54. The first-order valence-corrected chi connectivity index (χ1v) is 4.21. The van der Waals surface area contributed by atoms with Gasteiger partial charge in [-0.15, -0.1) is 0 Å². The first-order chi connectivity index (χ1) is 4.58. The predicted molar refractivity (Wildman–Crippen MR) is 32.6 cm³/mol. The van der Waals surface area contributed by atoms with Gasteiger partial charge in [-0.25, -0.2) is 8.42 Å². The molecule has 0 bridgehead atoms. The van der Waals surface area contributed by atoms with E-state index in [0.29, 0.717) is 0 Å². The first kappa shape index (κ1) is 7.20. The highest BCUT2D eigenvalue weighted by molar-refractivity contribution is 8.09. The van der Waals surface area contributed by atoms with Crippen LogP contribution in [-0.2, 0) is 14.6 Å². The molecule has 1 aliphatic heterocycles. The zero-order valence-electron chi connectivity index (χ0n) is 4.94. The van der Waals surface area contributed by atoms with Gasteiger partial charge in [0.15, 0.2) is 5.78 Å². The molecule has 5 nitrogen and oxygen atoms in total. The van der Waals surface area contributed by atoms with E-state index in [4.69, 9.17) is 5.21 Å². The molecule has 0 aromatic heterocycles. The number of carbonyl (C=O) groups excluding carboxylic acids is 1. The standard InChI is InChI=1S/C4H5NO4S/c6-3-1-2-10(8,9)4(3)5-7/h7H,1-2H2/b5-4+. The van der Waals surface area contributed by atoms with Crippen molar-refractivity contribution in [1.29, 1.82) is 0 Å². The van der Waals surface area contributed by atoms with Crippen LogP contribution in [0.5, 0.6) is 0 Å². The molecular weight excluding hydrogens is 158 g/mol. The number of rotatable bonds is 0.